The minimum Gasteiger partial charge on any atom is -0.445 e. The number of imide groups is 1. The number of H-pyrrole nitrogens is 1. The number of nitrogen functional groups attached to an aromatic ring is 1. The van der Waals surface area contributed by atoms with Crippen molar-refractivity contribution >= 4 is 64.1 Å². The van der Waals surface area contributed by atoms with Crippen molar-refractivity contribution in [1.82, 2.24) is 40.7 Å². The molecule has 58 heavy (non-hydrogen) atoms. The van der Waals surface area contributed by atoms with Crippen molar-refractivity contribution in [2.45, 2.75) is 77.9 Å². The Bertz CT molecular complexity index is 1900. The van der Waals surface area contributed by atoms with Gasteiger partial charge in [0.1, 0.15) is 24.7 Å². The number of pyridine rings is 1. The van der Waals surface area contributed by atoms with Crippen LogP contribution in [0.5, 0.6) is 0 Å². The summed E-state index contributed by atoms with van der Waals surface area (Å²) in [5.41, 5.74) is 8.21. The number of likely N-dealkylation sites (N-methyl/N-ethyl adjacent to an activating group) is 1. The summed E-state index contributed by atoms with van der Waals surface area (Å²) in [5, 5.41) is 20.0. The minimum absolute atomic E-state index is 0.0849. The number of imidazole rings is 1. The van der Waals surface area contributed by atoms with Crippen molar-refractivity contribution in [3.63, 3.8) is 0 Å². The Labute approximate surface area is 335 Å². The van der Waals surface area contributed by atoms with Crippen molar-refractivity contribution in [3.8, 4) is 0 Å². The Morgan fingerprint density at radius 2 is 1.72 bits per heavy atom. The first kappa shape index (κ1) is 46.0. The molecule has 5 rings (SSSR count). The summed E-state index contributed by atoms with van der Waals surface area (Å²) in [5.74, 6) is -2.63. The quantitative estimate of drug-likeness (QED) is 0.118. The molecule has 0 saturated carbocycles. The number of aromatic nitrogens is 3. The van der Waals surface area contributed by atoms with Crippen LogP contribution in [-0.2, 0) is 44.8 Å². The zero-order valence-corrected chi connectivity index (χ0v) is 33.2. The zero-order valence-electron chi connectivity index (χ0n) is 33.2. The molecule has 1 fully saturated rings. The van der Waals surface area contributed by atoms with E-state index in [-0.39, 0.29) is 44.9 Å². The van der Waals surface area contributed by atoms with E-state index < -0.39 is 60.2 Å². The maximum atomic E-state index is 12.5. The van der Waals surface area contributed by atoms with Crippen LogP contribution < -0.4 is 27.0 Å². The van der Waals surface area contributed by atoms with Gasteiger partial charge in [-0.1, -0.05) is 32.4 Å². The van der Waals surface area contributed by atoms with Crippen LogP contribution in [0.4, 0.5) is 16.3 Å². The second kappa shape index (κ2) is 23.0. The molecule has 3 aromatic rings. The summed E-state index contributed by atoms with van der Waals surface area (Å²) in [6, 6.07) is 6.95. The summed E-state index contributed by atoms with van der Waals surface area (Å²) in [6.07, 6.45) is 5.27. The third kappa shape index (κ3) is 14.9. The predicted octanol–water partition coefficient (Wildman–Crippen LogP) is 0.740. The molecule has 8 N–H and O–H groups in total. The minimum atomic E-state index is -0.937. The highest BCUT2D eigenvalue weighted by atomic mass is 16.6. The van der Waals surface area contributed by atoms with Crippen LogP contribution in [0.25, 0.3) is 11.0 Å². The van der Waals surface area contributed by atoms with Crippen molar-refractivity contribution < 1.29 is 48.1 Å². The van der Waals surface area contributed by atoms with E-state index in [0.29, 0.717) is 23.5 Å². The van der Waals surface area contributed by atoms with Crippen LogP contribution in [-0.4, -0.2) is 129 Å². The Kier molecular flexibility index (Phi) is 18.2. The third-order valence-corrected chi connectivity index (χ3v) is 8.31. The van der Waals surface area contributed by atoms with Gasteiger partial charge in [-0.2, -0.15) is 0 Å². The van der Waals surface area contributed by atoms with E-state index in [2.05, 4.69) is 50.1 Å². The van der Waals surface area contributed by atoms with Crippen LogP contribution in [0.15, 0.2) is 55.0 Å². The van der Waals surface area contributed by atoms with Gasteiger partial charge in [-0.15, -0.1) is 0 Å². The second-order valence-corrected chi connectivity index (χ2v) is 13.4. The second-order valence-electron chi connectivity index (χ2n) is 13.4. The van der Waals surface area contributed by atoms with E-state index in [9.17, 15) is 38.7 Å². The number of aliphatic hydroxyl groups is 1. The number of carbonyl (C=O) groups excluding carboxylic acids is 7. The van der Waals surface area contributed by atoms with Crippen molar-refractivity contribution in [1.29, 1.82) is 0 Å². The molecule has 20 nitrogen and oxygen atoms in total. The van der Waals surface area contributed by atoms with Gasteiger partial charge >= 0.3 is 6.09 Å². The standard InChI is InChI=1S/C29H38N6O10.C6H6N4.C3H8/c1-17(31-24(38)13-30-23(37)10-11-35-26(40)8-9-27(35)41)28(42)32-20-6-4-19(5-7-20)15-45-29(43)34(3)14-25(39)33-22-12-21(36)16-44-18(22)2;7-6-5-4(1-2-8-6)9-3-10-5;1-3-2/h4-9,17-18,21-22,36H,10-16H2,1-3H3,(H,30,37)(H,31,38)(H,32,42)(H,33,39);1-3H,(H2,7,8)(H,9,10);3H2,1-2H3/t17?,18-,21+,22?;;/m0../s1. The predicted molar refractivity (Wildman–Crippen MR) is 211 cm³/mol. The topological polar surface area (TPSA) is 280 Å². The van der Waals surface area contributed by atoms with E-state index in [0.717, 1.165) is 33.0 Å². The van der Waals surface area contributed by atoms with Gasteiger partial charge in [-0.05, 0) is 44.0 Å². The van der Waals surface area contributed by atoms with Gasteiger partial charge in [-0.25, -0.2) is 14.8 Å². The summed E-state index contributed by atoms with van der Waals surface area (Å²) < 4.78 is 10.7. The maximum absolute atomic E-state index is 12.5. The van der Waals surface area contributed by atoms with E-state index in [1.807, 2.05) is 6.07 Å². The Hall–Kier alpha value is -6.41. The van der Waals surface area contributed by atoms with E-state index in [1.54, 1.807) is 43.7 Å². The molecule has 0 bridgehead atoms. The molecule has 4 heterocycles. The number of benzene rings is 1. The smallest absolute Gasteiger partial charge is 0.410 e. The van der Waals surface area contributed by atoms with Crippen LogP contribution in [0, 0.1) is 0 Å². The Morgan fingerprint density at radius 1 is 1.05 bits per heavy atom. The van der Waals surface area contributed by atoms with Gasteiger partial charge in [0.15, 0.2) is 5.82 Å². The highest BCUT2D eigenvalue weighted by Crippen LogP contribution is 2.15. The van der Waals surface area contributed by atoms with Crippen LogP contribution in [0.3, 0.4) is 0 Å². The first-order valence-electron chi connectivity index (χ1n) is 18.6. The normalized spacial score (nSPS) is 17.5. The molecule has 4 atom stereocenters. The van der Waals surface area contributed by atoms with Crippen molar-refractivity contribution in [2.75, 3.05) is 44.3 Å². The van der Waals surface area contributed by atoms with Crippen molar-refractivity contribution in [2.24, 2.45) is 0 Å². The number of carbonyl (C=O) groups is 7. The number of aliphatic hydroxyl groups excluding tert-OH is 1. The molecule has 2 aliphatic heterocycles. The molecule has 20 heteroatoms. The highest BCUT2D eigenvalue weighted by Gasteiger charge is 2.29. The van der Waals surface area contributed by atoms with Gasteiger partial charge < -0.3 is 51.5 Å². The fourth-order valence-corrected chi connectivity index (χ4v) is 5.21. The number of nitrogens with two attached hydrogens (primary N) is 1. The lowest BCUT2D eigenvalue weighted by Gasteiger charge is -2.33. The van der Waals surface area contributed by atoms with Gasteiger partial charge in [-0.3, -0.25) is 33.7 Å². The summed E-state index contributed by atoms with van der Waals surface area (Å²) in [4.78, 5) is 97.1. The Morgan fingerprint density at radius 3 is 2.38 bits per heavy atom. The average molecular weight is 809 g/mol. The molecule has 1 saturated heterocycles. The summed E-state index contributed by atoms with van der Waals surface area (Å²) in [7, 11) is 1.42. The summed E-state index contributed by atoms with van der Waals surface area (Å²) >= 11 is 0. The number of aromatic amines is 1. The fraction of sp³-hybridized carbons (Fsp3) is 0.447. The number of rotatable bonds is 13. The molecular weight excluding hydrogens is 756 g/mol. The highest BCUT2D eigenvalue weighted by molar-refractivity contribution is 6.13. The number of nitrogens with one attached hydrogen (secondary N) is 5. The number of hydrogen-bond donors (Lipinski definition) is 7. The fourth-order valence-electron chi connectivity index (χ4n) is 5.21. The number of anilines is 2. The van der Waals surface area contributed by atoms with Crippen LogP contribution in [0.2, 0.25) is 0 Å². The zero-order chi connectivity index (χ0) is 42.8. The summed E-state index contributed by atoms with van der Waals surface area (Å²) in [6.45, 7) is 6.88. The van der Waals surface area contributed by atoms with Crippen molar-refractivity contribution in [3.05, 3.63) is 60.6 Å². The number of nitrogens with zero attached hydrogens (tertiary/aromatic N) is 4. The molecule has 0 spiro atoms. The average Bonchev–Trinajstić information content (AvgIpc) is 3.80. The molecule has 2 aromatic heterocycles. The van der Waals surface area contributed by atoms with Gasteiger partial charge in [0.05, 0.1) is 43.2 Å². The first-order chi connectivity index (χ1) is 27.6. The molecule has 0 radical (unpaired) electrons. The van der Waals surface area contributed by atoms with E-state index in [1.165, 1.54) is 20.4 Å². The molecule has 314 valence electrons. The lowest BCUT2D eigenvalue weighted by Crippen LogP contribution is -2.52. The van der Waals surface area contributed by atoms with E-state index in [4.69, 9.17) is 15.2 Å². The van der Waals surface area contributed by atoms with E-state index >= 15 is 0 Å². The molecule has 2 unspecified atom stereocenters. The van der Waals surface area contributed by atoms with Gasteiger partial charge in [0.2, 0.25) is 23.6 Å². The van der Waals surface area contributed by atoms with Gasteiger partial charge in [0, 0.05) is 44.0 Å². The SMILES string of the molecule is CC(NC(=O)CNC(=O)CCN1C(=O)C=CC1=O)C(=O)Nc1ccc(COC(=O)N(C)CC(=O)NC2C[C@@H](O)CO[C@H]2C)cc1.CCC.Nc1nccc2[nH]cnc12. The van der Waals surface area contributed by atoms with Crippen LogP contribution >= 0.6 is 0 Å². The van der Waals surface area contributed by atoms with Crippen LogP contribution in [0.1, 0.15) is 52.5 Å². The number of amides is 7. The molecule has 2 aliphatic rings. The Balaban J connectivity index is 0.000000582. The number of ether oxygens (including phenoxy) is 2. The monoisotopic (exact) mass is 808 g/mol. The van der Waals surface area contributed by atoms with Gasteiger partial charge in [0.25, 0.3) is 11.8 Å². The molecule has 7 amide bonds. The maximum Gasteiger partial charge on any atom is 0.410 e. The lowest BCUT2D eigenvalue weighted by molar-refractivity contribution is -0.137. The molecule has 0 aliphatic carbocycles. The first-order valence-corrected chi connectivity index (χ1v) is 18.6. The lowest BCUT2D eigenvalue weighted by atomic mass is 10.0. The third-order valence-electron chi connectivity index (χ3n) is 8.31. The number of hydrogen-bond acceptors (Lipinski definition) is 13. The molecular formula is C38H52N10O10. The molecule has 1 aromatic carbocycles. The number of fused-ring (bicyclic) bond motifs is 1. The largest absolute Gasteiger partial charge is 0.445 e.